The fraction of sp³-hybridized carbons (Fsp3) is 0.190. The summed E-state index contributed by atoms with van der Waals surface area (Å²) < 4.78 is 5.20. The van der Waals surface area contributed by atoms with Crippen LogP contribution in [0.4, 0.5) is 0 Å². The van der Waals surface area contributed by atoms with Crippen molar-refractivity contribution in [3.63, 3.8) is 0 Å². The van der Waals surface area contributed by atoms with Gasteiger partial charge in [0.05, 0.1) is 17.7 Å². The first-order chi connectivity index (χ1) is 14.0. The van der Waals surface area contributed by atoms with Gasteiger partial charge < -0.3 is 9.84 Å². The number of fused-ring (bicyclic) bond motifs is 1. The Morgan fingerprint density at radius 1 is 1.03 bits per heavy atom. The minimum absolute atomic E-state index is 0.0190. The van der Waals surface area contributed by atoms with Gasteiger partial charge in [0.1, 0.15) is 0 Å². The third-order valence-electron chi connectivity index (χ3n) is 4.68. The summed E-state index contributed by atoms with van der Waals surface area (Å²) in [5.74, 6) is -0.368. The Kier molecular flexibility index (Phi) is 4.90. The molecule has 1 aliphatic heterocycles. The smallest absolute Gasteiger partial charge is 0.261 e. The average molecular weight is 390 g/mol. The molecule has 2 heterocycles. The van der Waals surface area contributed by atoms with Crippen LogP contribution in [0.15, 0.2) is 59.1 Å². The number of amides is 3. The van der Waals surface area contributed by atoms with Crippen molar-refractivity contribution in [1.82, 2.24) is 20.4 Å². The lowest BCUT2D eigenvalue weighted by molar-refractivity contribution is -0.122. The minimum atomic E-state index is -0.576. The maximum absolute atomic E-state index is 12.5. The summed E-state index contributed by atoms with van der Waals surface area (Å²) in [5.41, 5.74) is 1.52. The van der Waals surface area contributed by atoms with Crippen LogP contribution in [0.25, 0.3) is 11.5 Å². The number of nitrogens with zero attached hydrogens (tertiary/aromatic N) is 3. The van der Waals surface area contributed by atoms with Crippen LogP contribution in [-0.2, 0) is 11.3 Å². The molecule has 0 spiro atoms. The van der Waals surface area contributed by atoms with E-state index in [1.807, 2.05) is 30.3 Å². The van der Waals surface area contributed by atoms with Gasteiger partial charge in [-0.05, 0) is 31.2 Å². The summed E-state index contributed by atoms with van der Waals surface area (Å²) in [7, 11) is 0. The minimum Gasteiger partial charge on any atom is -0.349 e. The summed E-state index contributed by atoms with van der Waals surface area (Å²) in [6, 6.07) is 15.4. The van der Waals surface area contributed by atoms with Crippen molar-refractivity contribution in [2.45, 2.75) is 25.9 Å². The predicted molar refractivity (Wildman–Crippen MR) is 103 cm³/mol. The third kappa shape index (κ3) is 3.64. The van der Waals surface area contributed by atoms with Crippen molar-refractivity contribution >= 4 is 17.7 Å². The first-order valence-electron chi connectivity index (χ1n) is 9.16. The zero-order chi connectivity index (χ0) is 20.4. The van der Waals surface area contributed by atoms with Gasteiger partial charge in [-0.15, -0.1) is 0 Å². The van der Waals surface area contributed by atoms with E-state index in [0.29, 0.717) is 22.8 Å². The van der Waals surface area contributed by atoms with E-state index in [9.17, 15) is 14.4 Å². The lowest BCUT2D eigenvalue weighted by atomic mass is 10.1. The molecule has 29 heavy (non-hydrogen) atoms. The Labute approximate surface area is 166 Å². The maximum Gasteiger partial charge on any atom is 0.261 e. The lowest BCUT2D eigenvalue weighted by Gasteiger charge is -2.21. The lowest BCUT2D eigenvalue weighted by Crippen LogP contribution is -2.41. The van der Waals surface area contributed by atoms with Crippen molar-refractivity contribution < 1.29 is 18.9 Å². The van der Waals surface area contributed by atoms with Crippen LogP contribution < -0.4 is 5.32 Å². The average Bonchev–Trinajstić information content (AvgIpc) is 3.31. The standard InChI is InChI=1S/C21H18N4O4/c1-13(25-20(27)15-9-5-6-10-16(15)21(25)28)11-18(26)22-12-17-23-19(29-24-17)14-7-3-2-4-8-14/h2-10,13H,11-12H2,1H3,(H,22,26). The van der Waals surface area contributed by atoms with Crippen molar-refractivity contribution in [3.05, 3.63) is 71.5 Å². The van der Waals surface area contributed by atoms with Gasteiger partial charge in [0, 0.05) is 18.0 Å². The van der Waals surface area contributed by atoms with Crippen molar-refractivity contribution in [3.8, 4) is 11.5 Å². The van der Waals surface area contributed by atoms with E-state index in [-0.39, 0.29) is 30.7 Å². The molecule has 1 unspecified atom stereocenters. The Balaban J connectivity index is 1.34. The molecule has 1 N–H and O–H groups in total. The van der Waals surface area contributed by atoms with E-state index < -0.39 is 6.04 Å². The number of rotatable bonds is 6. The molecule has 0 fully saturated rings. The molecule has 1 atom stereocenters. The summed E-state index contributed by atoms with van der Waals surface area (Å²) in [6.07, 6.45) is -0.0190. The Morgan fingerprint density at radius 2 is 1.66 bits per heavy atom. The first kappa shape index (κ1) is 18.5. The third-order valence-corrected chi connectivity index (χ3v) is 4.68. The van der Waals surface area contributed by atoms with Gasteiger partial charge in [0.15, 0.2) is 5.82 Å². The molecule has 0 saturated heterocycles. The number of carbonyl (C=O) groups excluding carboxylic acids is 3. The van der Waals surface area contributed by atoms with Crippen LogP contribution in [0.2, 0.25) is 0 Å². The molecule has 146 valence electrons. The molecule has 3 amide bonds. The van der Waals surface area contributed by atoms with Gasteiger partial charge in [0.2, 0.25) is 5.91 Å². The summed E-state index contributed by atoms with van der Waals surface area (Å²) in [5, 5.41) is 6.55. The van der Waals surface area contributed by atoms with Crippen LogP contribution in [-0.4, -0.2) is 38.8 Å². The summed E-state index contributed by atoms with van der Waals surface area (Å²) in [4.78, 5) is 42.7. The molecular weight excluding hydrogens is 372 g/mol. The number of benzene rings is 2. The molecular formula is C21H18N4O4. The molecule has 0 aliphatic carbocycles. The van der Waals surface area contributed by atoms with Gasteiger partial charge in [-0.2, -0.15) is 4.98 Å². The number of aromatic nitrogens is 2. The Morgan fingerprint density at radius 3 is 2.31 bits per heavy atom. The molecule has 2 aromatic carbocycles. The van der Waals surface area contributed by atoms with Crippen LogP contribution in [0, 0.1) is 0 Å². The molecule has 3 aromatic rings. The topological polar surface area (TPSA) is 105 Å². The summed E-state index contributed by atoms with van der Waals surface area (Å²) in [6.45, 7) is 1.76. The highest BCUT2D eigenvalue weighted by atomic mass is 16.5. The monoisotopic (exact) mass is 390 g/mol. The Hall–Kier alpha value is -3.81. The quantitative estimate of drug-likeness (QED) is 0.648. The Bertz CT molecular complexity index is 1040. The van der Waals surface area contributed by atoms with Gasteiger partial charge in [-0.1, -0.05) is 35.5 Å². The van der Waals surface area contributed by atoms with Crippen molar-refractivity contribution in [1.29, 1.82) is 0 Å². The van der Waals surface area contributed by atoms with Gasteiger partial charge in [-0.3, -0.25) is 19.3 Å². The summed E-state index contributed by atoms with van der Waals surface area (Å²) >= 11 is 0. The molecule has 4 rings (SSSR count). The van der Waals surface area contributed by atoms with E-state index in [1.165, 1.54) is 0 Å². The largest absolute Gasteiger partial charge is 0.349 e. The molecule has 0 radical (unpaired) electrons. The number of imide groups is 1. The second kappa shape index (κ2) is 7.67. The SMILES string of the molecule is CC(CC(=O)NCc1noc(-c2ccccc2)n1)N1C(=O)c2ccccc2C1=O. The highest BCUT2D eigenvalue weighted by Gasteiger charge is 2.38. The van der Waals surface area contributed by atoms with Crippen molar-refractivity contribution in [2.75, 3.05) is 0 Å². The molecule has 1 aromatic heterocycles. The highest BCUT2D eigenvalue weighted by molar-refractivity contribution is 6.21. The maximum atomic E-state index is 12.5. The number of hydrogen-bond donors (Lipinski definition) is 1. The fourth-order valence-corrected chi connectivity index (χ4v) is 3.24. The van der Waals surface area contributed by atoms with E-state index in [2.05, 4.69) is 15.5 Å². The second-order valence-electron chi connectivity index (χ2n) is 6.74. The van der Waals surface area contributed by atoms with Crippen LogP contribution in [0.5, 0.6) is 0 Å². The van der Waals surface area contributed by atoms with E-state index in [0.717, 1.165) is 10.5 Å². The zero-order valence-corrected chi connectivity index (χ0v) is 15.7. The van der Waals surface area contributed by atoms with Gasteiger partial charge in [-0.25, -0.2) is 0 Å². The van der Waals surface area contributed by atoms with Crippen LogP contribution >= 0.6 is 0 Å². The molecule has 0 bridgehead atoms. The molecule has 8 heteroatoms. The molecule has 0 saturated carbocycles. The second-order valence-corrected chi connectivity index (χ2v) is 6.74. The number of hydrogen-bond acceptors (Lipinski definition) is 6. The van der Waals surface area contributed by atoms with Gasteiger partial charge >= 0.3 is 0 Å². The van der Waals surface area contributed by atoms with Crippen LogP contribution in [0.1, 0.15) is 39.9 Å². The number of carbonyl (C=O) groups is 3. The normalized spacial score (nSPS) is 14.0. The predicted octanol–water partition coefficient (Wildman–Crippen LogP) is 2.43. The first-order valence-corrected chi connectivity index (χ1v) is 9.16. The number of nitrogens with one attached hydrogen (secondary N) is 1. The highest BCUT2D eigenvalue weighted by Crippen LogP contribution is 2.25. The van der Waals surface area contributed by atoms with Crippen molar-refractivity contribution in [2.24, 2.45) is 0 Å². The molecule has 8 nitrogen and oxygen atoms in total. The van der Waals surface area contributed by atoms with E-state index in [1.54, 1.807) is 31.2 Å². The fourth-order valence-electron chi connectivity index (χ4n) is 3.24. The van der Waals surface area contributed by atoms with Crippen LogP contribution in [0.3, 0.4) is 0 Å². The van der Waals surface area contributed by atoms with E-state index in [4.69, 9.17) is 4.52 Å². The van der Waals surface area contributed by atoms with E-state index >= 15 is 0 Å². The zero-order valence-electron chi connectivity index (χ0n) is 15.7. The molecule has 1 aliphatic rings. The van der Waals surface area contributed by atoms with Gasteiger partial charge in [0.25, 0.3) is 17.7 Å².